The number of hydrogen-bond donors (Lipinski definition) is 2. The number of ketones is 3. The Balaban J connectivity index is 3.67. The second-order valence-corrected chi connectivity index (χ2v) is 16.0. The fourth-order valence-corrected chi connectivity index (χ4v) is 6.29. The van der Waals surface area contributed by atoms with E-state index in [1.54, 1.807) is 6.92 Å². The number of hydrogen-bond acceptors (Lipinski definition) is 8. The summed E-state index contributed by atoms with van der Waals surface area (Å²) in [6.07, 6.45) is 23.1. The quantitative estimate of drug-likeness (QED) is 0.0589. The number of carbonyl (C=O) groups excluding carboxylic acids is 5. The summed E-state index contributed by atoms with van der Waals surface area (Å²) in [5.41, 5.74) is 0. The van der Waals surface area contributed by atoms with E-state index < -0.39 is 6.04 Å². The van der Waals surface area contributed by atoms with Gasteiger partial charge in [0.05, 0.1) is 32.5 Å². The van der Waals surface area contributed by atoms with Crippen LogP contribution in [0.1, 0.15) is 189 Å². The van der Waals surface area contributed by atoms with Crippen molar-refractivity contribution in [2.24, 2.45) is 11.8 Å². The monoisotopic (exact) mass is 767 g/mol. The van der Waals surface area contributed by atoms with E-state index in [9.17, 15) is 24.0 Å². The summed E-state index contributed by atoms with van der Waals surface area (Å²) in [6, 6.07) is -0.553. The molecular formula is C44H82N2O8. The third-order valence-corrected chi connectivity index (χ3v) is 9.34. The summed E-state index contributed by atoms with van der Waals surface area (Å²) < 4.78 is 16.8. The molecule has 0 aromatic carbocycles. The lowest BCUT2D eigenvalue weighted by atomic mass is 10.0. The molecule has 0 rings (SSSR count). The van der Waals surface area contributed by atoms with Crippen molar-refractivity contribution in [3.8, 4) is 0 Å². The van der Waals surface area contributed by atoms with E-state index in [2.05, 4.69) is 10.6 Å². The first-order chi connectivity index (χ1) is 26.0. The molecule has 316 valence electrons. The third kappa shape index (κ3) is 38.1. The van der Waals surface area contributed by atoms with Gasteiger partial charge in [0.2, 0.25) is 11.8 Å². The lowest BCUT2D eigenvalue weighted by Crippen LogP contribution is -2.41. The van der Waals surface area contributed by atoms with Crippen molar-refractivity contribution >= 4 is 29.2 Å². The second-order valence-electron chi connectivity index (χ2n) is 16.0. The number of Topliss-reactive ketones (excluding diaryl/α,β-unsaturated/α-hetero) is 3. The van der Waals surface area contributed by atoms with Crippen LogP contribution in [0, 0.1) is 11.8 Å². The van der Waals surface area contributed by atoms with Gasteiger partial charge in [-0.05, 0) is 57.3 Å². The first-order valence-corrected chi connectivity index (χ1v) is 21.8. The number of carbonyl (C=O) groups is 5. The van der Waals surface area contributed by atoms with Gasteiger partial charge in [0.25, 0.3) is 0 Å². The minimum absolute atomic E-state index is 0.00956. The smallest absolute Gasteiger partial charge is 0.220 e. The van der Waals surface area contributed by atoms with Gasteiger partial charge in [-0.15, -0.1) is 0 Å². The summed E-state index contributed by atoms with van der Waals surface area (Å²) in [5, 5.41) is 5.79. The lowest BCUT2D eigenvalue weighted by Gasteiger charge is -2.19. The van der Waals surface area contributed by atoms with Crippen molar-refractivity contribution < 1.29 is 38.2 Å². The van der Waals surface area contributed by atoms with Crippen molar-refractivity contribution in [1.82, 2.24) is 10.6 Å². The molecule has 2 amide bonds. The molecule has 0 spiro atoms. The highest BCUT2D eigenvalue weighted by atomic mass is 16.5. The Bertz CT molecular complexity index is 955. The first-order valence-electron chi connectivity index (χ1n) is 21.8. The number of amides is 2. The Morgan fingerprint density at radius 3 is 1.35 bits per heavy atom. The molecule has 0 radical (unpaired) electrons. The summed E-state index contributed by atoms with van der Waals surface area (Å²) in [6.45, 7) is 12.9. The van der Waals surface area contributed by atoms with E-state index in [1.807, 2.05) is 27.7 Å². The normalized spacial score (nSPS) is 12.0. The van der Waals surface area contributed by atoms with Crippen molar-refractivity contribution in [1.29, 1.82) is 0 Å². The van der Waals surface area contributed by atoms with Gasteiger partial charge >= 0.3 is 0 Å². The molecule has 0 aliphatic carbocycles. The van der Waals surface area contributed by atoms with Crippen LogP contribution in [0.25, 0.3) is 0 Å². The van der Waals surface area contributed by atoms with Crippen LogP contribution in [0.5, 0.6) is 0 Å². The van der Waals surface area contributed by atoms with Crippen molar-refractivity contribution in [2.75, 3.05) is 46.2 Å². The summed E-state index contributed by atoms with van der Waals surface area (Å²) in [5.74, 6) is 1.03. The van der Waals surface area contributed by atoms with E-state index in [0.717, 1.165) is 32.1 Å². The predicted molar refractivity (Wildman–Crippen MR) is 219 cm³/mol. The molecule has 1 atom stereocenters. The Morgan fingerprint density at radius 2 is 0.870 bits per heavy atom. The van der Waals surface area contributed by atoms with Crippen LogP contribution in [0.15, 0.2) is 0 Å². The molecular weight excluding hydrogens is 684 g/mol. The highest BCUT2D eigenvalue weighted by Crippen LogP contribution is 2.14. The summed E-state index contributed by atoms with van der Waals surface area (Å²) in [7, 11) is 0. The zero-order valence-electron chi connectivity index (χ0n) is 35.4. The Kier molecular flexibility index (Phi) is 36.2. The molecule has 10 nitrogen and oxygen atoms in total. The molecule has 0 fully saturated rings. The third-order valence-electron chi connectivity index (χ3n) is 9.34. The second kappa shape index (κ2) is 37.7. The van der Waals surface area contributed by atoms with E-state index in [0.29, 0.717) is 115 Å². The van der Waals surface area contributed by atoms with E-state index in [-0.39, 0.29) is 23.5 Å². The molecule has 0 aliphatic heterocycles. The van der Waals surface area contributed by atoms with E-state index in [1.165, 1.54) is 70.6 Å². The van der Waals surface area contributed by atoms with Gasteiger partial charge in [-0.25, -0.2) is 0 Å². The van der Waals surface area contributed by atoms with Gasteiger partial charge in [0.15, 0.2) is 5.78 Å². The fourth-order valence-electron chi connectivity index (χ4n) is 6.29. The molecule has 0 saturated carbocycles. The highest BCUT2D eigenvalue weighted by molar-refractivity contribution is 5.89. The van der Waals surface area contributed by atoms with Crippen LogP contribution in [0.4, 0.5) is 0 Å². The average molecular weight is 767 g/mol. The van der Waals surface area contributed by atoms with Gasteiger partial charge in [-0.2, -0.15) is 0 Å². The zero-order chi connectivity index (χ0) is 40.1. The number of ether oxygens (including phenoxy) is 3. The van der Waals surface area contributed by atoms with Crippen LogP contribution in [0.3, 0.4) is 0 Å². The van der Waals surface area contributed by atoms with Crippen molar-refractivity contribution in [3.05, 3.63) is 0 Å². The molecule has 10 heteroatoms. The molecule has 0 aromatic rings. The van der Waals surface area contributed by atoms with Crippen LogP contribution in [0.2, 0.25) is 0 Å². The largest absolute Gasteiger partial charge is 0.379 e. The maximum atomic E-state index is 12.9. The highest BCUT2D eigenvalue weighted by Gasteiger charge is 2.20. The molecule has 0 aliphatic rings. The minimum atomic E-state index is -0.553. The number of rotatable bonds is 41. The van der Waals surface area contributed by atoms with E-state index in [4.69, 9.17) is 14.2 Å². The van der Waals surface area contributed by atoms with Crippen LogP contribution >= 0.6 is 0 Å². The maximum Gasteiger partial charge on any atom is 0.220 e. The van der Waals surface area contributed by atoms with Crippen LogP contribution in [-0.4, -0.2) is 81.4 Å². The van der Waals surface area contributed by atoms with Gasteiger partial charge in [0, 0.05) is 58.3 Å². The summed E-state index contributed by atoms with van der Waals surface area (Å²) >= 11 is 0. The SMILES string of the molecule is CC(=O)CCCCCCCCCCCCCCCCC(=O)CCCOCCOCCOCCCC(=O)C(CCCNC(=O)CC(C)C)NC(=O)CC(C)C. The molecule has 0 heterocycles. The van der Waals surface area contributed by atoms with E-state index >= 15 is 0 Å². The topological polar surface area (TPSA) is 137 Å². The Hall–Kier alpha value is -2.17. The zero-order valence-corrected chi connectivity index (χ0v) is 35.4. The lowest BCUT2D eigenvalue weighted by molar-refractivity contribution is -0.128. The number of unbranched alkanes of at least 4 members (excludes halogenated alkanes) is 13. The van der Waals surface area contributed by atoms with Crippen molar-refractivity contribution in [2.45, 2.75) is 195 Å². The van der Waals surface area contributed by atoms with Gasteiger partial charge in [-0.3, -0.25) is 19.2 Å². The predicted octanol–water partition coefficient (Wildman–Crippen LogP) is 9.04. The van der Waals surface area contributed by atoms with Gasteiger partial charge in [0.1, 0.15) is 11.6 Å². The molecule has 2 N–H and O–H groups in total. The molecule has 0 aromatic heterocycles. The molecule has 0 saturated heterocycles. The Morgan fingerprint density at radius 1 is 0.463 bits per heavy atom. The first kappa shape index (κ1) is 51.8. The summed E-state index contributed by atoms with van der Waals surface area (Å²) in [4.78, 5) is 60.3. The molecule has 1 unspecified atom stereocenters. The van der Waals surface area contributed by atoms with Gasteiger partial charge < -0.3 is 29.6 Å². The minimum Gasteiger partial charge on any atom is -0.379 e. The standard InChI is InChI=1S/C44H82N2O8/c1-37(2)35-43(50)45-28-20-26-41(46-44(51)36-38(3)4)42(49)27-22-30-53-32-34-54-33-31-52-29-21-25-40(48)24-19-17-15-13-11-9-7-6-8-10-12-14-16-18-23-39(5)47/h37-38,41H,6-36H2,1-5H3,(H,45,50)(H,46,51). The van der Waals surface area contributed by atoms with Crippen LogP contribution in [-0.2, 0) is 38.2 Å². The molecule has 54 heavy (non-hydrogen) atoms. The van der Waals surface area contributed by atoms with Crippen molar-refractivity contribution in [3.63, 3.8) is 0 Å². The maximum absolute atomic E-state index is 12.9. The molecule has 0 bridgehead atoms. The van der Waals surface area contributed by atoms with Crippen LogP contribution < -0.4 is 10.6 Å². The average Bonchev–Trinajstić information content (AvgIpc) is 3.10. The van der Waals surface area contributed by atoms with Gasteiger partial charge in [-0.1, -0.05) is 105 Å². The number of nitrogens with one attached hydrogen (secondary N) is 2. The Labute approximate surface area is 330 Å². The fraction of sp³-hybridized carbons (Fsp3) is 0.886.